The maximum atomic E-state index is 12.1. The molecule has 1 heterocycles. The SMILES string of the molecule is C[C@@H](Sc1nccn1C)C(=O)Nc1ccccc1C#N. The van der Waals surface area contributed by atoms with Crippen molar-refractivity contribution in [3.05, 3.63) is 42.2 Å². The molecule has 102 valence electrons. The number of imidazole rings is 1. The smallest absolute Gasteiger partial charge is 0.237 e. The van der Waals surface area contributed by atoms with Crippen LogP contribution in [0.25, 0.3) is 0 Å². The minimum atomic E-state index is -0.303. The van der Waals surface area contributed by atoms with Crippen LogP contribution >= 0.6 is 11.8 Å². The number of amides is 1. The normalized spacial score (nSPS) is 11.7. The van der Waals surface area contributed by atoms with Crippen molar-refractivity contribution >= 4 is 23.4 Å². The first-order valence-electron chi connectivity index (χ1n) is 6.06. The Kier molecular flexibility index (Phi) is 4.43. The number of nitrogens with zero attached hydrogens (tertiary/aromatic N) is 3. The number of nitriles is 1. The second kappa shape index (κ2) is 6.26. The highest BCUT2D eigenvalue weighted by molar-refractivity contribution is 8.00. The number of thioether (sulfide) groups is 1. The van der Waals surface area contributed by atoms with Gasteiger partial charge in [0.15, 0.2) is 5.16 Å². The van der Waals surface area contributed by atoms with Crippen molar-refractivity contribution in [3.8, 4) is 6.07 Å². The Morgan fingerprint density at radius 2 is 2.25 bits per heavy atom. The van der Waals surface area contributed by atoms with Crippen LogP contribution in [0.4, 0.5) is 5.69 Å². The molecule has 0 bridgehead atoms. The van der Waals surface area contributed by atoms with E-state index in [1.807, 2.05) is 24.7 Å². The van der Waals surface area contributed by atoms with E-state index in [9.17, 15) is 4.79 Å². The first kappa shape index (κ1) is 14.2. The zero-order chi connectivity index (χ0) is 14.5. The average molecular weight is 286 g/mol. The Labute approximate surface area is 121 Å². The molecule has 2 aromatic rings. The number of para-hydroxylation sites is 1. The number of carbonyl (C=O) groups excluding carboxylic acids is 1. The first-order chi connectivity index (χ1) is 9.61. The van der Waals surface area contributed by atoms with Crippen LogP contribution in [0.2, 0.25) is 0 Å². The van der Waals surface area contributed by atoms with Gasteiger partial charge in [0.25, 0.3) is 0 Å². The number of hydrogen-bond donors (Lipinski definition) is 1. The fourth-order valence-corrected chi connectivity index (χ4v) is 2.43. The van der Waals surface area contributed by atoms with E-state index < -0.39 is 0 Å². The Morgan fingerprint density at radius 3 is 2.90 bits per heavy atom. The van der Waals surface area contributed by atoms with Crippen molar-refractivity contribution in [1.29, 1.82) is 5.26 Å². The van der Waals surface area contributed by atoms with Gasteiger partial charge in [0.1, 0.15) is 6.07 Å². The van der Waals surface area contributed by atoms with Crippen LogP contribution in [0, 0.1) is 11.3 Å². The third-order valence-electron chi connectivity index (χ3n) is 2.73. The average Bonchev–Trinajstić information content (AvgIpc) is 2.84. The maximum absolute atomic E-state index is 12.1. The van der Waals surface area contributed by atoms with E-state index in [0.29, 0.717) is 11.3 Å². The molecule has 0 radical (unpaired) electrons. The monoisotopic (exact) mass is 286 g/mol. The molecule has 0 fully saturated rings. The van der Waals surface area contributed by atoms with E-state index in [1.54, 1.807) is 30.5 Å². The molecule has 20 heavy (non-hydrogen) atoms. The number of benzene rings is 1. The molecule has 0 saturated carbocycles. The van der Waals surface area contributed by atoms with Gasteiger partial charge in [-0.1, -0.05) is 23.9 Å². The fraction of sp³-hybridized carbons (Fsp3) is 0.214. The second-order valence-corrected chi connectivity index (χ2v) is 5.54. The number of rotatable bonds is 4. The highest BCUT2D eigenvalue weighted by Gasteiger charge is 2.17. The lowest BCUT2D eigenvalue weighted by atomic mass is 10.2. The van der Waals surface area contributed by atoms with Gasteiger partial charge < -0.3 is 9.88 Å². The Morgan fingerprint density at radius 1 is 1.50 bits per heavy atom. The van der Waals surface area contributed by atoms with Gasteiger partial charge in [-0.15, -0.1) is 0 Å². The van der Waals surface area contributed by atoms with Gasteiger partial charge in [-0.3, -0.25) is 4.79 Å². The molecule has 5 nitrogen and oxygen atoms in total. The lowest BCUT2D eigenvalue weighted by Crippen LogP contribution is -2.23. The van der Waals surface area contributed by atoms with E-state index in [1.165, 1.54) is 11.8 Å². The van der Waals surface area contributed by atoms with E-state index in [0.717, 1.165) is 5.16 Å². The molecule has 1 N–H and O–H groups in total. The van der Waals surface area contributed by atoms with E-state index in [-0.39, 0.29) is 11.2 Å². The molecular formula is C14H14N4OS. The first-order valence-corrected chi connectivity index (χ1v) is 6.93. The van der Waals surface area contributed by atoms with Crippen LogP contribution in [-0.2, 0) is 11.8 Å². The summed E-state index contributed by atoms with van der Waals surface area (Å²) in [5.74, 6) is -0.152. The second-order valence-electron chi connectivity index (χ2n) is 4.23. The molecule has 2 rings (SSSR count). The summed E-state index contributed by atoms with van der Waals surface area (Å²) < 4.78 is 1.86. The van der Waals surface area contributed by atoms with Gasteiger partial charge >= 0.3 is 0 Å². The minimum absolute atomic E-state index is 0.152. The lowest BCUT2D eigenvalue weighted by molar-refractivity contribution is -0.115. The molecule has 1 atom stereocenters. The summed E-state index contributed by atoms with van der Waals surface area (Å²) in [5.41, 5.74) is 0.988. The van der Waals surface area contributed by atoms with E-state index >= 15 is 0 Å². The number of hydrogen-bond acceptors (Lipinski definition) is 4. The van der Waals surface area contributed by atoms with E-state index in [4.69, 9.17) is 5.26 Å². The van der Waals surface area contributed by atoms with Gasteiger partial charge in [0.05, 0.1) is 16.5 Å². The summed E-state index contributed by atoms with van der Waals surface area (Å²) in [6.45, 7) is 1.81. The molecule has 0 saturated heterocycles. The molecule has 1 aromatic heterocycles. The van der Waals surface area contributed by atoms with Gasteiger partial charge in [-0.05, 0) is 19.1 Å². The number of anilines is 1. The summed E-state index contributed by atoms with van der Waals surface area (Å²) in [6, 6.07) is 9.00. The third-order valence-corrected chi connectivity index (χ3v) is 3.91. The Balaban J connectivity index is 2.05. The van der Waals surface area contributed by atoms with Crippen molar-refractivity contribution in [2.45, 2.75) is 17.3 Å². The van der Waals surface area contributed by atoms with Crippen LogP contribution in [0.5, 0.6) is 0 Å². The molecule has 6 heteroatoms. The molecule has 1 amide bonds. The van der Waals surface area contributed by atoms with Gasteiger partial charge in [0.2, 0.25) is 5.91 Å². The summed E-state index contributed by atoms with van der Waals surface area (Å²) in [7, 11) is 1.88. The molecule has 0 aliphatic heterocycles. The predicted molar refractivity (Wildman–Crippen MR) is 78.3 cm³/mol. The highest BCUT2D eigenvalue weighted by Crippen LogP contribution is 2.22. The van der Waals surface area contributed by atoms with Gasteiger partial charge in [0, 0.05) is 19.4 Å². The quantitative estimate of drug-likeness (QED) is 0.876. The Hall–Kier alpha value is -2.26. The molecule has 1 aromatic carbocycles. The summed E-state index contributed by atoms with van der Waals surface area (Å²) >= 11 is 1.37. The number of aryl methyl sites for hydroxylation is 1. The topological polar surface area (TPSA) is 70.7 Å². The van der Waals surface area contributed by atoms with Crippen molar-refractivity contribution < 1.29 is 4.79 Å². The predicted octanol–water partition coefficient (Wildman–Crippen LogP) is 2.41. The zero-order valence-corrected chi connectivity index (χ0v) is 12.0. The number of aromatic nitrogens is 2. The van der Waals surface area contributed by atoms with Crippen LogP contribution in [-0.4, -0.2) is 20.7 Å². The van der Waals surface area contributed by atoms with Gasteiger partial charge in [-0.2, -0.15) is 5.26 Å². The minimum Gasteiger partial charge on any atom is -0.329 e. The number of nitrogens with one attached hydrogen (secondary N) is 1. The van der Waals surface area contributed by atoms with Crippen molar-refractivity contribution in [2.24, 2.45) is 7.05 Å². The van der Waals surface area contributed by atoms with Gasteiger partial charge in [-0.25, -0.2) is 4.98 Å². The van der Waals surface area contributed by atoms with E-state index in [2.05, 4.69) is 16.4 Å². The van der Waals surface area contributed by atoms with Crippen molar-refractivity contribution in [3.63, 3.8) is 0 Å². The largest absolute Gasteiger partial charge is 0.329 e. The zero-order valence-electron chi connectivity index (χ0n) is 11.2. The standard InChI is InChI=1S/C14H14N4OS/c1-10(20-14-16-7-8-18(14)2)13(19)17-12-6-4-3-5-11(12)9-15/h3-8,10H,1-2H3,(H,17,19)/t10-/m1/s1. The molecule has 0 aliphatic carbocycles. The third kappa shape index (κ3) is 3.19. The number of carbonyl (C=O) groups is 1. The maximum Gasteiger partial charge on any atom is 0.237 e. The fourth-order valence-electron chi connectivity index (χ4n) is 1.60. The summed E-state index contributed by atoms with van der Waals surface area (Å²) in [6.07, 6.45) is 3.52. The van der Waals surface area contributed by atoms with Crippen LogP contribution in [0.15, 0.2) is 41.8 Å². The summed E-state index contributed by atoms with van der Waals surface area (Å²) in [5, 5.41) is 12.2. The van der Waals surface area contributed by atoms with Crippen LogP contribution < -0.4 is 5.32 Å². The molecular weight excluding hydrogens is 272 g/mol. The van der Waals surface area contributed by atoms with Crippen molar-refractivity contribution in [2.75, 3.05) is 5.32 Å². The molecule has 0 spiro atoms. The van der Waals surface area contributed by atoms with Crippen molar-refractivity contribution in [1.82, 2.24) is 9.55 Å². The van der Waals surface area contributed by atoms with Crippen LogP contribution in [0.1, 0.15) is 12.5 Å². The molecule has 0 unspecified atom stereocenters. The Bertz CT molecular complexity index is 659. The summed E-state index contributed by atoms with van der Waals surface area (Å²) in [4.78, 5) is 16.3. The molecule has 0 aliphatic rings. The lowest BCUT2D eigenvalue weighted by Gasteiger charge is -2.12. The van der Waals surface area contributed by atoms with Crippen LogP contribution in [0.3, 0.4) is 0 Å². The highest BCUT2D eigenvalue weighted by atomic mass is 32.2.